The molecule has 3 heteroatoms. The molecule has 1 heterocycles. The minimum atomic E-state index is 0.983. The largest absolute Gasteiger partial charge is 0.378 e. The molecule has 0 N–H and O–H groups in total. The Labute approximate surface area is 139 Å². The maximum Gasteiger partial charge on any atom is 0.0631 e. The van der Waals surface area contributed by atoms with Gasteiger partial charge in [0.2, 0.25) is 0 Å². The van der Waals surface area contributed by atoms with Gasteiger partial charge in [-0.05, 0) is 67.3 Å². The average Bonchev–Trinajstić information content (AvgIpc) is 3.07. The van der Waals surface area contributed by atoms with Gasteiger partial charge in [0, 0.05) is 44.8 Å². The van der Waals surface area contributed by atoms with Crippen LogP contribution in [-0.2, 0) is 0 Å². The van der Waals surface area contributed by atoms with E-state index >= 15 is 0 Å². The Hall–Kier alpha value is -2.29. The lowest BCUT2D eigenvalue weighted by Crippen LogP contribution is -2.18. The number of benzene rings is 2. The van der Waals surface area contributed by atoms with Gasteiger partial charge in [-0.3, -0.25) is 4.99 Å². The van der Waals surface area contributed by atoms with Crippen LogP contribution in [0.1, 0.15) is 24.0 Å². The fraction of sp³-hybridized carbons (Fsp3) is 0.350. The number of anilines is 2. The molecule has 3 rings (SSSR count). The Morgan fingerprint density at radius 2 is 1.70 bits per heavy atom. The summed E-state index contributed by atoms with van der Waals surface area (Å²) in [6, 6.07) is 14.9. The van der Waals surface area contributed by atoms with Gasteiger partial charge in [-0.25, -0.2) is 0 Å². The molecule has 0 radical (unpaired) electrons. The molecule has 0 aromatic heterocycles. The predicted molar refractivity (Wildman–Crippen MR) is 101 cm³/mol. The summed E-state index contributed by atoms with van der Waals surface area (Å²) in [7, 11) is 4.09. The van der Waals surface area contributed by atoms with Crippen molar-refractivity contribution >= 4 is 23.3 Å². The number of aryl methyl sites for hydroxylation is 1. The van der Waals surface area contributed by atoms with E-state index in [-0.39, 0.29) is 0 Å². The molecule has 0 amide bonds. The van der Waals surface area contributed by atoms with Gasteiger partial charge in [-0.2, -0.15) is 0 Å². The average molecular weight is 307 g/mol. The third-order valence-electron chi connectivity index (χ3n) is 4.40. The lowest BCUT2D eigenvalue weighted by atomic mass is 10.1. The van der Waals surface area contributed by atoms with Crippen LogP contribution in [0.3, 0.4) is 0 Å². The number of hydrogen-bond donors (Lipinski definition) is 0. The van der Waals surface area contributed by atoms with E-state index in [4.69, 9.17) is 0 Å². The molecule has 0 saturated carbocycles. The summed E-state index contributed by atoms with van der Waals surface area (Å²) >= 11 is 0. The van der Waals surface area contributed by atoms with Crippen molar-refractivity contribution < 1.29 is 0 Å². The molecule has 2 aromatic rings. The second-order valence-electron chi connectivity index (χ2n) is 6.41. The summed E-state index contributed by atoms with van der Waals surface area (Å²) in [4.78, 5) is 9.16. The molecule has 2 aromatic carbocycles. The highest BCUT2D eigenvalue weighted by molar-refractivity contribution is 5.83. The van der Waals surface area contributed by atoms with Crippen molar-refractivity contribution in [3.05, 3.63) is 53.6 Å². The van der Waals surface area contributed by atoms with Crippen molar-refractivity contribution in [1.29, 1.82) is 0 Å². The first-order valence-corrected chi connectivity index (χ1v) is 8.30. The van der Waals surface area contributed by atoms with Crippen molar-refractivity contribution in [3.63, 3.8) is 0 Å². The van der Waals surface area contributed by atoms with Crippen molar-refractivity contribution in [1.82, 2.24) is 0 Å². The van der Waals surface area contributed by atoms with Gasteiger partial charge in [0.1, 0.15) is 0 Å². The van der Waals surface area contributed by atoms with Crippen LogP contribution in [0.5, 0.6) is 0 Å². The Balaban J connectivity index is 1.73. The fourth-order valence-electron chi connectivity index (χ4n) is 3.06. The summed E-state index contributed by atoms with van der Waals surface area (Å²) in [5.41, 5.74) is 6.03. The number of hydrogen-bond acceptors (Lipinski definition) is 3. The molecule has 3 nitrogen and oxygen atoms in total. The molecule has 0 unspecified atom stereocenters. The normalized spacial score (nSPS) is 14.7. The number of rotatable bonds is 4. The molecule has 1 aliphatic rings. The maximum atomic E-state index is 4.59. The minimum Gasteiger partial charge on any atom is -0.378 e. The lowest BCUT2D eigenvalue weighted by Gasteiger charge is -2.20. The molecule has 120 valence electrons. The van der Waals surface area contributed by atoms with Crippen LogP contribution in [0.4, 0.5) is 17.1 Å². The third kappa shape index (κ3) is 3.73. The van der Waals surface area contributed by atoms with E-state index < -0.39 is 0 Å². The molecule has 0 spiro atoms. The van der Waals surface area contributed by atoms with E-state index in [1.54, 1.807) is 0 Å². The Kier molecular flexibility index (Phi) is 4.65. The van der Waals surface area contributed by atoms with Crippen molar-refractivity contribution in [2.45, 2.75) is 19.8 Å². The van der Waals surface area contributed by atoms with Crippen molar-refractivity contribution in [2.24, 2.45) is 4.99 Å². The molecule has 1 saturated heterocycles. The van der Waals surface area contributed by atoms with Gasteiger partial charge in [0.15, 0.2) is 0 Å². The van der Waals surface area contributed by atoms with Gasteiger partial charge in [-0.1, -0.05) is 6.07 Å². The Bertz CT molecular complexity index is 681. The first-order chi connectivity index (χ1) is 11.1. The van der Waals surface area contributed by atoms with Gasteiger partial charge < -0.3 is 9.80 Å². The van der Waals surface area contributed by atoms with Crippen LogP contribution in [0.2, 0.25) is 0 Å². The molecule has 1 aliphatic heterocycles. The molecule has 23 heavy (non-hydrogen) atoms. The maximum absolute atomic E-state index is 4.59. The first kappa shape index (κ1) is 15.6. The van der Waals surface area contributed by atoms with Crippen LogP contribution in [0.25, 0.3) is 0 Å². The van der Waals surface area contributed by atoms with Crippen molar-refractivity contribution in [3.8, 4) is 0 Å². The summed E-state index contributed by atoms with van der Waals surface area (Å²) in [5, 5.41) is 0. The van der Waals surface area contributed by atoms with Gasteiger partial charge in [0.25, 0.3) is 0 Å². The number of aliphatic imine (C=N–C) groups is 1. The van der Waals surface area contributed by atoms with Crippen molar-refractivity contribution in [2.75, 3.05) is 37.0 Å². The molecule has 0 aliphatic carbocycles. The van der Waals surface area contributed by atoms with Crippen LogP contribution in [-0.4, -0.2) is 33.4 Å². The topological polar surface area (TPSA) is 18.8 Å². The fourth-order valence-corrected chi connectivity index (χ4v) is 3.06. The van der Waals surface area contributed by atoms with E-state index in [1.807, 2.05) is 20.3 Å². The Morgan fingerprint density at radius 1 is 1.00 bits per heavy atom. The van der Waals surface area contributed by atoms with Gasteiger partial charge in [0.05, 0.1) is 5.69 Å². The highest BCUT2D eigenvalue weighted by atomic mass is 15.1. The van der Waals surface area contributed by atoms with E-state index in [9.17, 15) is 0 Å². The van der Waals surface area contributed by atoms with Gasteiger partial charge >= 0.3 is 0 Å². The zero-order valence-electron chi connectivity index (χ0n) is 14.3. The monoisotopic (exact) mass is 307 g/mol. The van der Waals surface area contributed by atoms with Crippen LogP contribution in [0.15, 0.2) is 47.5 Å². The lowest BCUT2D eigenvalue weighted by molar-refractivity contribution is 0.949. The molecular formula is C20H25N3. The zero-order valence-corrected chi connectivity index (χ0v) is 14.3. The second-order valence-corrected chi connectivity index (χ2v) is 6.41. The molecule has 1 fully saturated rings. The second kappa shape index (κ2) is 6.86. The predicted octanol–water partition coefficient (Wildman–Crippen LogP) is 4.41. The zero-order chi connectivity index (χ0) is 16.2. The smallest absolute Gasteiger partial charge is 0.0631 e. The van der Waals surface area contributed by atoms with E-state index in [0.717, 1.165) is 11.3 Å². The summed E-state index contributed by atoms with van der Waals surface area (Å²) in [6.45, 7) is 4.57. The quantitative estimate of drug-likeness (QED) is 0.779. The molecule has 0 atom stereocenters. The van der Waals surface area contributed by atoms with E-state index in [1.165, 1.54) is 42.9 Å². The standard InChI is InChI=1S/C20H25N3/c1-16-14-17(6-11-20(16)23-12-4-5-13-23)15-21-18-7-9-19(10-8-18)22(2)3/h6-11,14-15H,4-5,12-13H2,1-3H3. The highest BCUT2D eigenvalue weighted by Crippen LogP contribution is 2.25. The molecule has 0 bridgehead atoms. The van der Waals surface area contributed by atoms with E-state index in [2.05, 4.69) is 64.2 Å². The number of nitrogens with zero attached hydrogens (tertiary/aromatic N) is 3. The first-order valence-electron chi connectivity index (χ1n) is 8.30. The summed E-state index contributed by atoms with van der Waals surface area (Å²) in [5.74, 6) is 0. The van der Waals surface area contributed by atoms with E-state index in [0.29, 0.717) is 0 Å². The minimum absolute atomic E-state index is 0.983. The highest BCUT2D eigenvalue weighted by Gasteiger charge is 2.13. The van der Waals surface area contributed by atoms with Gasteiger partial charge in [-0.15, -0.1) is 0 Å². The SMILES string of the molecule is Cc1cc(C=Nc2ccc(N(C)C)cc2)ccc1N1CCCC1. The van der Waals surface area contributed by atoms with Crippen LogP contribution < -0.4 is 9.80 Å². The third-order valence-corrected chi connectivity index (χ3v) is 4.40. The van der Waals surface area contributed by atoms with Crippen LogP contribution >= 0.6 is 0 Å². The summed E-state index contributed by atoms with van der Waals surface area (Å²) in [6.07, 6.45) is 4.57. The Morgan fingerprint density at radius 3 is 2.30 bits per heavy atom. The molecular weight excluding hydrogens is 282 g/mol. The van der Waals surface area contributed by atoms with Crippen LogP contribution in [0, 0.1) is 6.92 Å². The summed E-state index contributed by atoms with van der Waals surface area (Å²) < 4.78 is 0.